The lowest BCUT2D eigenvalue weighted by Crippen LogP contribution is -2.16. The Labute approximate surface area is 586 Å². The van der Waals surface area contributed by atoms with E-state index in [-0.39, 0.29) is 21.7 Å². The zero-order chi connectivity index (χ0) is 68.5. The van der Waals surface area contributed by atoms with Gasteiger partial charge in [0.2, 0.25) is 0 Å². The Morgan fingerprint density at radius 2 is 0.300 bits per heavy atom. The van der Waals surface area contributed by atoms with Crippen LogP contribution in [0.3, 0.4) is 0 Å². The molecule has 0 heterocycles. The maximum atomic E-state index is 2.59. The number of rotatable bonds is 2. The highest BCUT2D eigenvalue weighted by atomic mass is 14.3. The SMILES string of the molecule is CC(C)(C)c1cc(-c2cc3c4cccc(c4)c4cccc(c4)c4cc5cc6c7cccc(c7)c7cccc(c7)c(c2)c3c2cc3c7cccc(c7)c7cccc(c7)c7cc(-c8cc(C(C)(C)C)cc(C(C)(C)C)c8)cc(c8cccc(c8)c8cccc(c8)c(c2)c3c46)c57)cc(C(C)(C)C)c1. The second-order valence-electron chi connectivity index (χ2n) is 33.0. The van der Waals surface area contributed by atoms with E-state index in [1.165, 1.54) is 174 Å². The summed E-state index contributed by atoms with van der Waals surface area (Å²) in [5.74, 6) is 0. The third-order valence-electron chi connectivity index (χ3n) is 22.1. The van der Waals surface area contributed by atoms with Crippen LogP contribution >= 0.6 is 0 Å². The van der Waals surface area contributed by atoms with Crippen LogP contribution in [0.15, 0.2) is 279 Å². The topological polar surface area (TPSA) is 0 Å². The molecule has 0 saturated heterocycles. The van der Waals surface area contributed by atoms with Crippen LogP contribution in [0.4, 0.5) is 0 Å². The van der Waals surface area contributed by atoms with Gasteiger partial charge in [-0.3, -0.25) is 0 Å². The highest BCUT2D eigenvalue weighted by Crippen LogP contribution is 2.47. The minimum atomic E-state index is -0.0832. The molecule has 0 aliphatic rings. The predicted molar refractivity (Wildman–Crippen MR) is 441 cm³/mol. The highest BCUT2D eigenvalue weighted by Gasteiger charge is 2.25. The van der Waals surface area contributed by atoms with Crippen molar-refractivity contribution in [3.8, 4) is 22.3 Å². The Morgan fingerprint density at radius 1 is 0.140 bits per heavy atom. The third-order valence-corrected chi connectivity index (χ3v) is 22.1. The van der Waals surface area contributed by atoms with Crippen molar-refractivity contribution in [2.75, 3.05) is 0 Å². The molecule has 22 aromatic carbocycles. The average Bonchev–Trinajstić information content (AvgIpc) is 0.717. The number of hydrogen-bond acceptors (Lipinski definition) is 0. The lowest BCUT2D eigenvalue weighted by molar-refractivity contribution is 0.568. The molecule has 0 aromatic heterocycles. The summed E-state index contributed by atoms with van der Waals surface area (Å²) in [6.45, 7) is 28.2. The van der Waals surface area contributed by atoms with Gasteiger partial charge in [-0.2, -0.15) is 0 Å². The first-order chi connectivity index (χ1) is 48.0. The zero-order valence-corrected chi connectivity index (χ0v) is 59.6. The van der Waals surface area contributed by atoms with Crippen molar-refractivity contribution >= 4 is 162 Å². The van der Waals surface area contributed by atoms with Crippen molar-refractivity contribution in [3.63, 3.8) is 0 Å². The fourth-order valence-corrected chi connectivity index (χ4v) is 16.4. The van der Waals surface area contributed by atoms with Gasteiger partial charge in [0.1, 0.15) is 0 Å². The summed E-state index contributed by atoms with van der Waals surface area (Å²) in [5.41, 5.74) is 9.82. The van der Waals surface area contributed by atoms with E-state index < -0.39 is 0 Å². The molecular weight excluding hydrogens is 1200 g/mol. The predicted octanol–water partition coefficient (Wildman–Crippen LogP) is 29.2. The van der Waals surface area contributed by atoms with Crippen molar-refractivity contribution in [1.82, 2.24) is 0 Å². The summed E-state index contributed by atoms with van der Waals surface area (Å²) >= 11 is 0. The standard InChI is InChI=1S/C100H82/c1-97(2,3)81-45-75(46-82(57-81)98(4,5)6)77-49-85-67-29-13-21-59(37-67)63-25-17-35-73(41-63)91-55-80-56-92-74-36-18-26-64(42-74)60-22-14-30-68(38-60)86(50-77)93(85)79-53-89-71-33-19-27-65(43-71)61-23-15-31-69(39-61)87-51-78(76-47-83(99(7,8)9)58-84(48-76)100(10,11)12)52-88(94(80)87)70-32-16-24-62(40-70)66-28-20-34-72(44-66)90(54-79)95(89)96(91)92/h13-58H,1-12H3. The average molecular weight is 1280 g/mol. The molecule has 0 radical (unpaired) electrons. The fraction of sp³-hybridized carbons (Fsp3) is 0.160. The molecule has 0 atom stereocenters. The Kier molecular flexibility index (Phi) is 13.7. The summed E-state index contributed by atoms with van der Waals surface area (Å²) in [5, 5.41) is 35.2. The van der Waals surface area contributed by atoms with E-state index in [1.807, 2.05) is 0 Å². The molecule has 0 amide bonds. The molecule has 0 aliphatic heterocycles. The van der Waals surface area contributed by atoms with E-state index in [2.05, 4.69) is 362 Å². The smallest absolute Gasteiger partial charge is 0.00139 e. The Bertz CT molecular complexity index is 5930. The van der Waals surface area contributed by atoms with Crippen LogP contribution in [0.2, 0.25) is 0 Å². The fourth-order valence-electron chi connectivity index (χ4n) is 16.4. The van der Waals surface area contributed by atoms with Gasteiger partial charge in [-0.1, -0.05) is 265 Å². The van der Waals surface area contributed by atoms with Crippen LogP contribution in [0.25, 0.3) is 184 Å². The van der Waals surface area contributed by atoms with Crippen LogP contribution in [-0.4, -0.2) is 0 Å². The maximum Gasteiger partial charge on any atom is -0.00139 e. The third kappa shape index (κ3) is 10.4. The van der Waals surface area contributed by atoms with Crippen molar-refractivity contribution < 1.29 is 0 Å². The summed E-state index contributed by atoms with van der Waals surface area (Å²) < 4.78 is 0. The van der Waals surface area contributed by atoms with Gasteiger partial charge in [-0.25, -0.2) is 0 Å². The van der Waals surface area contributed by atoms with E-state index in [4.69, 9.17) is 0 Å². The molecule has 22 aromatic rings. The first kappa shape index (κ1) is 61.4. The Balaban J connectivity index is 1.21. The monoisotopic (exact) mass is 1280 g/mol. The minimum Gasteiger partial charge on any atom is -0.0610 e. The largest absolute Gasteiger partial charge is 0.0610 e. The molecule has 0 aliphatic carbocycles. The summed E-state index contributed by atoms with van der Waals surface area (Å²) in [6, 6.07) is 111. The van der Waals surface area contributed by atoms with Crippen molar-refractivity contribution in [1.29, 1.82) is 0 Å². The Morgan fingerprint density at radius 3 is 0.480 bits per heavy atom. The second-order valence-corrected chi connectivity index (χ2v) is 33.0. The van der Waals surface area contributed by atoms with Crippen molar-refractivity contribution in [2.45, 2.75) is 105 Å². The molecule has 0 nitrogen and oxygen atoms in total. The van der Waals surface area contributed by atoms with Gasteiger partial charge in [0, 0.05) is 0 Å². The first-order valence-electron chi connectivity index (χ1n) is 35.9. The van der Waals surface area contributed by atoms with Gasteiger partial charge < -0.3 is 0 Å². The molecule has 0 heteroatoms. The molecule has 0 unspecified atom stereocenters. The molecule has 0 spiro atoms. The van der Waals surface area contributed by atoms with E-state index in [9.17, 15) is 0 Å². The first-order valence-corrected chi connectivity index (χ1v) is 35.9. The molecular formula is C100H82. The normalized spacial score (nSPS) is 12.8. The van der Waals surface area contributed by atoms with E-state index in [0.29, 0.717) is 0 Å². The van der Waals surface area contributed by atoms with Gasteiger partial charge in [-0.15, -0.1) is 0 Å². The lowest BCUT2D eigenvalue weighted by Gasteiger charge is -2.26. The molecule has 26 bridgehead atoms. The molecule has 22 rings (SSSR count). The molecule has 0 saturated carbocycles. The van der Waals surface area contributed by atoms with Gasteiger partial charge in [0.25, 0.3) is 0 Å². The van der Waals surface area contributed by atoms with E-state index in [1.54, 1.807) is 0 Å². The van der Waals surface area contributed by atoms with Crippen LogP contribution < -0.4 is 0 Å². The quantitative estimate of drug-likeness (QED) is 0.162. The number of hydrogen-bond donors (Lipinski definition) is 0. The molecule has 100 heavy (non-hydrogen) atoms. The second kappa shape index (κ2) is 22.3. The van der Waals surface area contributed by atoms with Gasteiger partial charge in [0.15, 0.2) is 0 Å². The van der Waals surface area contributed by atoms with Gasteiger partial charge in [-0.05, 0) is 325 Å². The maximum absolute atomic E-state index is 2.59. The van der Waals surface area contributed by atoms with Crippen molar-refractivity contribution in [2.24, 2.45) is 0 Å². The van der Waals surface area contributed by atoms with Crippen LogP contribution in [0.1, 0.15) is 105 Å². The van der Waals surface area contributed by atoms with Crippen LogP contribution in [-0.2, 0) is 21.7 Å². The summed E-state index contributed by atoms with van der Waals surface area (Å²) in [7, 11) is 0. The van der Waals surface area contributed by atoms with E-state index in [0.717, 1.165) is 32.3 Å². The molecule has 482 valence electrons. The van der Waals surface area contributed by atoms with Crippen LogP contribution in [0.5, 0.6) is 0 Å². The molecule has 0 fully saturated rings. The van der Waals surface area contributed by atoms with Gasteiger partial charge >= 0.3 is 0 Å². The van der Waals surface area contributed by atoms with Crippen LogP contribution in [0, 0.1) is 0 Å². The summed E-state index contributed by atoms with van der Waals surface area (Å²) in [6.07, 6.45) is 0. The lowest BCUT2D eigenvalue weighted by atomic mass is 9.78. The highest BCUT2D eigenvalue weighted by molar-refractivity contribution is 6.35. The number of benzene rings is 14. The zero-order valence-electron chi connectivity index (χ0n) is 59.6. The van der Waals surface area contributed by atoms with Gasteiger partial charge in [0.05, 0.1) is 0 Å². The Hall–Kier alpha value is -10.9. The van der Waals surface area contributed by atoms with E-state index >= 15 is 0 Å². The molecule has 0 N–H and O–H groups in total. The summed E-state index contributed by atoms with van der Waals surface area (Å²) in [4.78, 5) is 0. The van der Waals surface area contributed by atoms with Crippen molar-refractivity contribution in [3.05, 3.63) is 301 Å². The minimum absolute atomic E-state index is 0.0832.